The SMILES string of the molecule is O=CC12C3C4C1C1C2C3C41I. The number of halogens is 1. The minimum absolute atomic E-state index is 0.299. The Kier molecular flexibility index (Phi) is 0.441. The molecule has 6 saturated carbocycles. The van der Waals surface area contributed by atoms with Gasteiger partial charge in [0.05, 0.1) is 0 Å². The van der Waals surface area contributed by atoms with Gasteiger partial charge < -0.3 is 4.79 Å². The zero-order valence-corrected chi connectivity index (χ0v) is 7.99. The highest BCUT2D eigenvalue weighted by Crippen LogP contribution is 3.08. The molecular formula is C9H7IO. The van der Waals surface area contributed by atoms with E-state index in [2.05, 4.69) is 22.6 Å². The normalized spacial score (nSPS) is 95.0. The van der Waals surface area contributed by atoms with Crippen molar-refractivity contribution in [1.82, 2.24) is 0 Å². The van der Waals surface area contributed by atoms with Crippen LogP contribution < -0.4 is 0 Å². The molecule has 11 heavy (non-hydrogen) atoms. The lowest BCUT2D eigenvalue weighted by molar-refractivity contribution is -0.568. The monoisotopic (exact) mass is 258 g/mol. The predicted molar refractivity (Wildman–Crippen MR) is 46.2 cm³/mol. The van der Waals surface area contributed by atoms with Crippen LogP contribution in [0, 0.1) is 40.9 Å². The molecular weight excluding hydrogens is 251 g/mol. The zero-order chi connectivity index (χ0) is 7.17. The summed E-state index contributed by atoms with van der Waals surface area (Å²) in [5.41, 5.74) is 0.299. The molecule has 56 valence electrons. The average molecular weight is 258 g/mol. The lowest BCUT2D eigenvalue weighted by Crippen LogP contribution is -3.11. The average Bonchev–Trinajstić information content (AvgIpc) is 2.06. The molecule has 0 aromatic carbocycles. The van der Waals surface area contributed by atoms with Crippen molar-refractivity contribution in [2.24, 2.45) is 40.9 Å². The van der Waals surface area contributed by atoms with E-state index >= 15 is 0 Å². The first-order chi connectivity index (χ1) is 5.29. The quantitative estimate of drug-likeness (QED) is 0.391. The predicted octanol–water partition coefficient (Wildman–Crippen LogP) is 1.11. The van der Waals surface area contributed by atoms with E-state index in [1.165, 1.54) is 6.29 Å². The van der Waals surface area contributed by atoms with Crippen LogP contribution in [-0.2, 0) is 4.79 Å². The van der Waals surface area contributed by atoms with E-state index < -0.39 is 0 Å². The van der Waals surface area contributed by atoms with Gasteiger partial charge in [-0.15, -0.1) is 0 Å². The summed E-state index contributed by atoms with van der Waals surface area (Å²) in [5, 5.41) is 0. The lowest BCUT2D eigenvalue weighted by atomic mass is 8.97. The molecule has 2 heteroatoms. The molecule has 0 N–H and O–H groups in total. The number of rotatable bonds is 1. The summed E-state index contributed by atoms with van der Waals surface area (Å²) in [6.07, 6.45) is 1.31. The maximum absolute atomic E-state index is 10.9. The Labute approximate surface area is 78.1 Å². The molecule has 0 unspecified atom stereocenters. The minimum atomic E-state index is 0.299. The van der Waals surface area contributed by atoms with Crippen molar-refractivity contribution in [3.63, 3.8) is 0 Å². The first-order valence-electron chi connectivity index (χ1n) is 4.45. The fourth-order valence-electron chi connectivity index (χ4n) is 5.72. The molecule has 0 atom stereocenters. The number of hydrogen-bond acceptors (Lipinski definition) is 1. The fourth-order valence-corrected chi connectivity index (χ4v) is 8.04. The summed E-state index contributed by atoms with van der Waals surface area (Å²) < 4.78 is 0.753. The highest BCUT2D eigenvalue weighted by atomic mass is 127. The van der Waals surface area contributed by atoms with Crippen LogP contribution in [0.25, 0.3) is 0 Å². The third kappa shape index (κ3) is 0.183. The summed E-state index contributed by atoms with van der Waals surface area (Å²) in [6.45, 7) is 0. The second-order valence-corrected chi connectivity index (χ2v) is 6.97. The lowest BCUT2D eigenvalue weighted by Gasteiger charge is -3.09. The van der Waals surface area contributed by atoms with E-state index in [9.17, 15) is 4.79 Å². The van der Waals surface area contributed by atoms with Gasteiger partial charge in [0.15, 0.2) is 0 Å². The Bertz CT molecular complexity index is 281. The summed E-state index contributed by atoms with van der Waals surface area (Å²) in [5.74, 6) is 5.68. The Morgan fingerprint density at radius 2 is 1.45 bits per heavy atom. The molecule has 0 aromatic heterocycles. The van der Waals surface area contributed by atoms with Crippen LogP contribution in [0.1, 0.15) is 0 Å². The Morgan fingerprint density at radius 1 is 1.00 bits per heavy atom. The molecule has 0 saturated heterocycles. The molecule has 6 rings (SSSR count). The molecule has 6 aliphatic carbocycles. The molecule has 0 bridgehead atoms. The number of aldehydes is 1. The van der Waals surface area contributed by atoms with E-state index in [-0.39, 0.29) is 0 Å². The highest BCUT2D eigenvalue weighted by Gasteiger charge is 3.09. The van der Waals surface area contributed by atoms with Gasteiger partial charge in [0.1, 0.15) is 6.29 Å². The van der Waals surface area contributed by atoms with Gasteiger partial charge >= 0.3 is 0 Å². The van der Waals surface area contributed by atoms with Gasteiger partial charge in [-0.05, 0) is 35.5 Å². The number of hydrogen-bond donors (Lipinski definition) is 0. The molecule has 0 aliphatic heterocycles. The number of carbonyl (C=O) groups excluding carboxylic acids is 1. The summed E-state index contributed by atoms with van der Waals surface area (Å²) >= 11 is 2.69. The minimum Gasteiger partial charge on any atom is -0.303 e. The molecule has 0 heterocycles. The van der Waals surface area contributed by atoms with E-state index in [4.69, 9.17) is 0 Å². The molecule has 6 fully saturated rings. The molecule has 0 amide bonds. The molecule has 6 aliphatic rings. The van der Waals surface area contributed by atoms with Gasteiger partial charge in [0.25, 0.3) is 0 Å². The topological polar surface area (TPSA) is 17.1 Å². The van der Waals surface area contributed by atoms with Crippen LogP contribution in [-0.4, -0.2) is 9.71 Å². The molecule has 0 aromatic rings. The van der Waals surface area contributed by atoms with Gasteiger partial charge in [-0.3, -0.25) is 0 Å². The summed E-state index contributed by atoms with van der Waals surface area (Å²) in [6, 6.07) is 0. The van der Waals surface area contributed by atoms with Gasteiger partial charge in [0, 0.05) is 8.84 Å². The summed E-state index contributed by atoms with van der Waals surface area (Å²) in [4.78, 5) is 10.9. The van der Waals surface area contributed by atoms with Crippen LogP contribution in [0.3, 0.4) is 0 Å². The van der Waals surface area contributed by atoms with Crippen LogP contribution in [0.4, 0.5) is 0 Å². The molecule has 0 spiro atoms. The zero-order valence-electron chi connectivity index (χ0n) is 5.83. The van der Waals surface area contributed by atoms with Crippen molar-refractivity contribution < 1.29 is 4.79 Å². The van der Waals surface area contributed by atoms with Crippen LogP contribution >= 0.6 is 22.6 Å². The second-order valence-electron chi connectivity index (χ2n) is 5.10. The molecule has 1 nitrogen and oxygen atoms in total. The molecule has 0 radical (unpaired) electrons. The maximum atomic E-state index is 10.9. The van der Waals surface area contributed by atoms with Crippen molar-refractivity contribution in [2.75, 3.05) is 0 Å². The van der Waals surface area contributed by atoms with Crippen molar-refractivity contribution in [2.45, 2.75) is 3.42 Å². The third-order valence-electron chi connectivity index (χ3n) is 5.79. The van der Waals surface area contributed by atoms with E-state index in [1.807, 2.05) is 0 Å². The third-order valence-corrected chi connectivity index (χ3v) is 7.95. The maximum Gasteiger partial charge on any atom is 0.127 e. The standard InChI is InChI=1S/C9H7IO/c10-9-5-2-6(9)4-7(9)3(5)8(2,4)1-11/h1-7H. The van der Waals surface area contributed by atoms with Gasteiger partial charge in [0.2, 0.25) is 0 Å². The van der Waals surface area contributed by atoms with Crippen LogP contribution in [0.5, 0.6) is 0 Å². The van der Waals surface area contributed by atoms with Crippen molar-refractivity contribution in [1.29, 1.82) is 0 Å². The van der Waals surface area contributed by atoms with Gasteiger partial charge in [-0.1, -0.05) is 22.6 Å². The van der Waals surface area contributed by atoms with E-state index in [1.54, 1.807) is 0 Å². The highest BCUT2D eigenvalue weighted by molar-refractivity contribution is 14.1. The van der Waals surface area contributed by atoms with Crippen LogP contribution in [0.15, 0.2) is 0 Å². The Hall–Kier alpha value is 0.400. The Morgan fingerprint density at radius 3 is 1.82 bits per heavy atom. The van der Waals surface area contributed by atoms with Crippen LogP contribution in [0.2, 0.25) is 0 Å². The Balaban J connectivity index is 1.81. The first-order valence-corrected chi connectivity index (χ1v) is 5.52. The second kappa shape index (κ2) is 0.932. The largest absolute Gasteiger partial charge is 0.303 e. The number of carbonyl (C=O) groups is 1. The van der Waals surface area contributed by atoms with Crippen molar-refractivity contribution >= 4 is 28.9 Å². The van der Waals surface area contributed by atoms with E-state index in [0.29, 0.717) is 5.41 Å². The van der Waals surface area contributed by atoms with Crippen molar-refractivity contribution in [3.8, 4) is 0 Å². The van der Waals surface area contributed by atoms with Gasteiger partial charge in [-0.25, -0.2) is 0 Å². The number of alkyl halides is 1. The van der Waals surface area contributed by atoms with E-state index in [0.717, 1.165) is 38.9 Å². The fraction of sp³-hybridized carbons (Fsp3) is 0.889. The smallest absolute Gasteiger partial charge is 0.127 e. The van der Waals surface area contributed by atoms with Crippen molar-refractivity contribution in [3.05, 3.63) is 0 Å². The summed E-state index contributed by atoms with van der Waals surface area (Å²) in [7, 11) is 0. The first kappa shape index (κ1) is 5.20. The van der Waals surface area contributed by atoms with Gasteiger partial charge in [-0.2, -0.15) is 0 Å².